The minimum atomic E-state index is -3.52. The number of aryl methyl sites for hydroxylation is 1. The summed E-state index contributed by atoms with van der Waals surface area (Å²) in [5.74, 6) is 0. The predicted molar refractivity (Wildman–Crippen MR) is 86.1 cm³/mol. The van der Waals surface area contributed by atoms with Gasteiger partial charge in [0.1, 0.15) is 0 Å². The second-order valence-corrected chi connectivity index (χ2v) is 7.79. The van der Waals surface area contributed by atoms with Gasteiger partial charge < -0.3 is 5.73 Å². The predicted octanol–water partition coefficient (Wildman–Crippen LogP) is 3.03. The molecule has 0 heterocycles. The van der Waals surface area contributed by atoms with E-state index in [4.69, 9.17) is 5.73 Å². The van der Waals surface area contributed by atoms with Crippen molar-refractivity contribution in [3.63, 3.8) is 0 Å². The van der Waals surface area contributed by atoms with Crippen LogP contribution in [-0.2, 0) is 16.6 Å². The number of rotatable bonds is 6. The minimum Gasteiger partial charge on any atom is -0.326 e. The third-order valence-electron chi connectivity index (χ3n) is 3.12. The largest absolute Gasteiger partial charge is 0.326 e. The molecule has 6 heteroatoms. The summed E-state index contributed by atoms with van der Waals surface area (Å²) in [6.45, 7) is 8.47. The van der Waals surface area contributed by atoms with E-state index in [1.807, 2.05) is 33.8 Å². The van der Waals surface area contributed by atoms with Crippen molar-refractivity contribution in [3.05, 3.63) is 27.7 Å². The molecule has 1 aromatic rings. The van der Waals surface area contributed by atoms with Crippen molar-refractivity contribution in [3.8, 4) is 0 Å². The van der Waals surface area contributed by atoms with Crippen LogP contribution in [0.4, 0.5) is 0 Å². The van der Waals surface area contributed by atoms with Crippen LogP contribution >= 0.6 is 15.9 Å². The van der Waals surface area contributed by atoms with Crippen LogP contribution in [0.25, 0.3) is 0 Å². The third kappa shape index (κ3) is 3.61. The minimum absolute atomic E-state index is 0.0753. The molecule has 0 bridgehead atoms. The molecule has 1 aromatic carbocycles. The standard InChI is InChI=1S/C14H23BrN2O2S/c1-5-6-17(10(2)3)20(18,19)13-8-12(9-16)7-11(4)14(13)15/h7-8,10H,5-6,9,16H2,1-4H3. The fraction of sp³-hybridized carbons (Fsp3) is 0.571. The molecule has 0 radical (unpaired) electrons. The summed E-state index contributed by atoms with van der Waals surface area (Å²) in [5.41, 5.74) is 7.36. The van der Waals surface area contributed by atoms with Crippen LogP contribution in [0.15, 0.2) is 21.5 Å². The highest BCUT2D eigenvalue weighted by molar-refractivity contribution is 9.10. The van der Waals surface area contributed by atoms with E-state index in [0.717, 1.165) is 17.5 Å². The van der Waals surface area contributed by atoms with Gasteiger partial charge in [-0.15, -0.1) is 0 Å². The van der Waals surface area contributed by atoms with Gasteiger partial charge in [-0.3, -0.25) is 0 Å². The molecular formula is C14H23BrN2O2S. The van der Waals surface area contributed by atoms with Crippen molar-refractivity contribution in [2.45, 2.75) is 51.6 Å². The van der Waals surface area contributed by atoms with Gasteiger partial charge in [-0.2, -0.15) is 4.31 Å². The number of nitrogens with zero attached hydrogens (tertiary/aromatic N) is 1. The van der Waals surface area contributed by atoms with E-state index in [-0.39, 0.29) is 6.04 Å². The molecule has 0 aliphatic rings. The molecule has 0 amide bonds. The average molecular weight is 363 g/mol. The molecule has 0 atom stereocenters. The Kier molecular flexibility index (Phi) is 6.19. The lowest BCUT2D eigenvalue weighted by molar-refractivity contribution is 0.354. The Hall–Kier alpha value is -0.430. The van der Waals surface area contributed by atoms with Gasteiger partial charge in [-0.1, -0.05) is 13.0 Å². The second kappa shape index (κ2) is 7.02. The fourth-order valence-corrected chi connectivity index (χ4v) is 4.88. The summed E-state index contributed by atoms with van der Waals surface area (Å²) in [5, 5.41) is 0. The number of nitrogens with two attached hydrogens (primary N) is 1. The lowest BCUT2D eigenvalue weighted by Crippen LogP contribution is -2.37. The highest BCUT2D eigenvalue weighted by Crippen LogP contribution is 2.30. The Balaban J connectivity index is 3.44. The number of hydrogen-bond acceptors (Lipinski definition) is 3. The molecule has 1 rings (SSSR count). The van der Waals surface area contributed by atoms with Gasteiger partial charge in [-0.25, -0.2) is 8.42 Å². The topological polar surface area (TPSA) is 63.4 Å². The normalized spacial score (nSPS) is 12.4. The van der Waals surface area contributed by atoms with Gasteiger partial charge in [0.25, 0.3) is 0 Å². The first-order chi connectivity index (χ1) is 9.25. The Labute approximate surface area is 130 Å². The van der Waals surface area contributed by atoms with E-state index in [1.165, 1.54) is 4.31 Å². The maximum absolute atomic E-state index is 12.9. The molecule has 4 nitrogen and oxygen atoms in total. The fourth-order valence-electron chi connectivity index (χ4n) is 2.12. The van der Waals surface area contributed by atoms with Crippen LogP contribution in [-0.4, -0.2) is 25.3 Å². The first-order valence-electron chi connectivity index (χ1n) is 6.76. The number of sulfonamides is 1. The van der Waals surface area contributed by atoms with Crippen molar-refractivity contribution >= 4 is 26.0 Å². The van der Waals surface area contributed by atoms with Gasteiger partial charge in [-0.05, 0) is 60.3 Å². The summed E-state index contributed by atoms with van der Waals surface area (Å²) < 4.78 is 27.9. The monoisotopic (exact) mass is 362 g/mol. The Morgan fingerprint density at radius 3 is 2.40 bits per heavy atom. The number of hydrogen-bond donors (Lipinski definition) is 1. The summed E-state index contributed by atoms with van der Waals surface area (Å²) in [7, 11) is -3.52. The van der Waals surface area contributed by atoms with Crippen LogP contribution in [0.1, 0.15) is 38.3 Å². The smallest absolute Gasteiger partial charge is 0.244 e. The van der Waals surface area contributed by atoms with Crippen molar-refractivity contribution in [1.29, 1.82) is 0 Å². The average Bonchev–Trinajstić information content (AvgIpc) is 2.37. The molecule has 114 valence electrons. The molecule has 0 saturated heterocycles. The highest BCUT2D eigenvalue weighted by atomic mass is 79.9. The van der Waals surface area contributed by atoms with Crippen molar-refractivity contribution < 1.29 is 8.42 Å². The highest BCUT2D eigenvalue weighted by Gasteiger charge is 2.29. The molecule has 0 fully saturated rings. The summed E-state index contributed by atoms with van der Waals surface area (Å²) in [6, 6.07) is 3.49. The molecule has 0 aliphatic carbocycles. The van der Waals surface area contributed by atoms with E-state index < -0.39 is 10.0 Å². The molecule has 0 aliphatic heterocycles. The molecule has 0 saturated carbocycles. The van der Waals surface area contributed by atoms with Gasteiger partial charge in [0, 0.05) is 23.6 Å². The molecule has 20 heavy (non-hydrogen) atoms. The van der Waals surface area contributed by atoms with Crippen molar-refractivity contribution in [2.75, 3.05) is 6.54 Å². The van der Waals surface area contributed by atoms with E-state index in [0.29, 0.717) is 22.5 Å². The summed E-state index contributed by atoms with van der Waals surface area (Å²) in [6.07, 6.45) is 0.782. The lowest BCUT2D eigenvalue weighted by atomic mass is 10.1. The maximum atomic E-state index is 12.9. The van der Waals surface area contributed by atoms with Gasteiger partial charge in [0.2, 0.25) is 10.0 Å². The second-order valence-electron chi connectivity index (χ2n) is 5.14. The van der Waals surface area contributed by atoms with Gasteiger partial charge >= 0.3 is 0 Å². The third-order valence-corrected chi connectivity index (χ3v) is 6.54. The van der Waals surface area contributed by atoms with Crippen LogP contribution < -0.4 is 5.73 Å². The van der Waals surface area contributed by atoms with E-state index in [9.17, 15) is 8.42 Å². The first kappa shape index (κ1) is 17.6. The molecule has 0 unspecified atom stereocenters. The Morgan fingerprint density at radius 2 is 1.95 bits per heavy atom. The zero-order chi connectivity index (χ0) is 15.5. The van der Waals surface area contributed by atoms with Crippen LogP contribution in [0, 0.1) is 6.92 Å². The molecular weight excluding hydrogens is 340 g/mol. The Bertz CT molecular complexity index is 571. The van der Waals surface area contributed by atoms with Gasteiger partial charge in [0.05, 0.1) is 4.90 Å². The van der Waals surface area contributed by atoms with Crippen LogP contribution in [0.3, 0.4) is 0 Å². The van der Waals surface area contributed by atoms with Crippen molar-refractivity contribution in [2.24, 2.45) is 5.73 Å². The van der Waals surface area contributed by atoms with E-state index in [1.54, 1.807) is 6.07 Å². The van der Waals surface area contributed by atoms with Gasteiger partial charge in [0.15, 0.2) is 0 Å². The summed E-state index contributed by atoms with van der Waals surface area (Å²) in [4.78, 5) is 0.306. The zero-order valence-corrected chi connectivity index (χ0v) is 14.9. The van der Waals surface area contributed by atoms with Crippen LogP contribution in [0.5, 0.6) is 0 Å². The first-order valence-corrected chi connectivity index (χ1v) is 8.99. The molecule has 0 spiro atoms. The Morgan fingerprint density at radius 1 is 1.35 bits per heavy atom. The van der Waals surface area contributed by atoms with Crippen LogP contribution in [0.2, 0.25) is 0 Å². The lowest BCUT2D eigenvalue weighted by Gasteiger charge is -2.26. The molecule has 0 aromatic heterocycles. The van der Waals surface area contributed by atoms with E-state index in [2.05, 4.69) is 15.9 Å². The number of halogens is 1. The summed E-state index contributed by atoms with van der Waals surface area (Å²) >= 11 is 3.40. The SMILES string of the molecule is CCCN(C(C)C)S(=O)(=O)c1cc(CN)cc(C)c1Br. The number of benzene rings is 1. The molecule has 2 N–H and O–H groups in total. The van der Waals surface area contributed by atoms with E-state index >= 15 is 0 Å². The zero-order valence-electron chi connectivity index (χ0n) is 12.5. The quantitative estimate of drug-likeness (QED) is 0.845. The maximum Gasteiger partial charge on any atom is 0.244 e. The van der Waals surface area contributed by atoms with Crippen molar-refractivity contribution in [1.82, 2.24) is 4.31 Å².